The summed E-state index contributed by atoms with van der Waals surface area (Å²) in [7, 11) is 3.19. The van der Waals surface area contributed by atoms with Gasteiger partial charge in [-0.3, -0.25) is 9.59 Å². The molecule has 2 amide bonds. The topological polar surface area (TPSA) is 67.9 Å². The monoisotopic (exact) mass is 384 g/mol. The summed E-state index contributed by atoms with van der Waals surface area (Å²) in [6.07, 6.45) is 0.876. The van der Waals surface area contributed by atoms with Crippen LogP contribution in [-0.2, 0) is 16.1 Å². The molecule has 2 aromatic carbocycles. The van der Waals surface area contributed by atoms with Crippen LogP contribution in [-0.4, -0.2) is 43.5 Å². The molecule has 0 radical (unpaired) electrons. The second-order valence-electron chi connectivity index (χ2n) is 6.43. The molecule has 28 heavy (non-hydrogen) atoms. The first-order valence-corrected chi connectivity index (χ1v) is 9.37. The van der Waals surface area contributed by atoms with Crippen molar-refractivity contribution < 1.29 is 19.1 Å². The number of hydrogen-bond acceptors (Lipinski definition) is 4. The highest BCUT2D eigenvalue weighted by Crippen LogP contribution is 2.17. The number of hydrogen-bond donors (Lipinski definition) is 1. The third kappa shape index (κ3) is 6.30. The largest absolute Gasteiger partial charge is 0.497 e. The summed E-state index contributed by atoms with van der Waals surface area (Å²) in [4.78, 5) is 26.5. The molecular weight excluding hydrogens is 356 g/mol. The van der Waals surface area contributed by atoms with Crippen LogP contribution in [0.3, 0.4) is 0 Å². The number of ether oxygens (including phenoxy) is 2. The Balaban J connectivity index is 1.90. The maximum absolute atomic E-state index is 12.8. The molecule has 0 bridgehead atoms. The lowest BCUT2D eigenvalue weighted by Crippen LogP contribution is -2.46. The minimum Gasteiger partial charge on any atom is -0.497 e. The van der Waals surface area contributed by atoms with E-state index >= 15 is 0 Å². The van der Waals surface area contributed by atoms with E-state index in [4.69, 9.17) is 9.47 Å². The van der Waals surface area contributed by atoms with Crippen LogP contribution in [0.4, 0.5) is 0 Å². The summed E-state index contributed by atoms with van der Waals surface area (Å²) in [6.45, 7) is 2.56. The summed E-state index contributed by atoms with van der Waals surface area (Å²) in [5.41, 5.74) is 0.987. The molecule has 0 heterocycles. The van der Waals surface area contributed by atoms with Gasteiger partial charge >= 0.3 is 0 Å². The maximum Gasteiger partial charge on any atom is 0.242 e. The van der Waals surface area contributed by atoms with Gasteiger partial charge in [-0.25, -0.2) is 0 Å². The van der Waals surface area contributed by atoms with Crippen molar-refractivity contribution in [1.29, 1.82) is 0 Å². The highest BCUT2D eigenvalue weighted by molar-refractivity contribution is 5.87. The smallest absolute Gasteiger partial charge is 0.242 e. The predicted octanol–water partition coefficient (Wildman–Crippen LogP) is 3.02. The number of benzene rings is 2. The molecule has 1 N–H and O–H groups in total. The van der Waals surface area contributed by atoms with Gasteiger partial charge < -0.3 is 19.7 Å². The van der Waals surface area contributed by atoms with Crippen LogP contribution in [0.15, 0.2) is 54.6 Å². The Labute approximate surface area is 166 Å². The van der Waals surface area contributed by atoms with E-state index in [2.05, 4.69) is 5.32 Å². The molecule has 0 saturated heterocycles. The van der Waals surface area contributed by atoms with Gasteiger partial charge in [-0.15, -0.1) is 0 Å². The van der Waals surface area contributed by atoms with E-state index in [-0.39, 0.29) is 11.8 Å². The van der Waals surface area contributed by atoms with E-state index in [1.807, 2.05) is 54.6 Å². The zero-order valence-corrected chi connectivity index (χ0v) is 16.7. The summed E-state index contributed by atoms with van der Waals surface area (Å²) in [5.74, 6) is 1.24. The van der Waals surface area contributed by atoms with Crippen LogP contribution in [0.2, 0.25) is 0 Å². The van der Waals surface area contributed by atoms with E-state index < -0.39 is 6.04 Å². The lowest BCUT2D eigenvalue weighted by Gasteiger charge is -2.28. The molecule has 0 spiro atoms. The van der Waals surface area contributed by atoms with Crippen molar-refractivity contribution in [1.82, 2.24) is 10.2 Å². The normalized spacial score (nSPS) is 11.4. The number of carbonyl (C=O) groups excluding carboxylic acids is 2. The number of likely N-dealkylation sites (N-methyl/N-ethyl adjacent to an activating group) is 1. The van der Waals surface area contributed by atoms with Crippen molar-refractivity contribution in [3.63, 3.8) is 0 Å². The molecule has 0 fully saturated rings. The molecule has 6 nitrogen and oxygen atoms in total. The van der Waals surface area contributed by atoms with Gasteiger partial charge in [0.05, 0.1) is 13.7 Å². The fraction of sp³-hybridized carbons (Fsp3) is 0.364. The van der Waals surface area contributed by atoms with E-state index in [0.717, 1.165) is 17.1 Å². The molecule has 150 valence electrons. The number of amides is 2. The summed E-state index contributed by atoms with van der Waals surface area (Å²) in [6, 6.07) is 16.4. The number of carbonyl (C=O) groups is 2. The van der Waals surface area contributed by atoms with Gasteiger partial charge in [0.25, 0.3) is 0 Å². The Morgan fingerprint density at radius 3 is 2.29 bits per heavy atom. The lowest BCUT2D eigenvalue weighted by molar-refractivity contribution is -0.140. The van der Waals surface area contributed by atoms with Gasteiger partial charge in [0.1, 0.15) is 17.5 Å². The Bertz CT molecular complexity index is 747. The fourth-order valence-corrected chi connectivity index (χ4v) is 2.80. The molecule has 1 atom stereocenters. The first-order chi connectivity index (χ1) is 13.5. The Morgan fingerprint density at radius 1 is 1.04 bits per heavy atom. The molecule has 2 rings (SSSR count). The van der Waals surface area contributed by atoms with E-state index in [1.165, 1.54) is 0 Å². The van der Waals surface area contributed by atoms with Gasteiger partial charge in [0, 0.05) is 20.0 Å². The zero-order chi connectivity index (χ0) is 20.4. The van der Waals surface area contributed by atoms with E-state index in [9.17, 15) is 9.59 Å². The van der Waals surface area contributed by atoms with Crippen LogP contribution < -0.4 is 14.8 Å². The Kier molecular flexibility index (Phi) is 8.34. The third-order valence-electron chi connectivity index (χ3n) is 4.47. The second kappa shape index (κ2) is 11.0. The van der Waals surface area contributed by atoms with Crippen LogP contribution >= 0.6 is 0 Å². The van der Waals surface area contributed by atoms with Crippen molar-refractivity contribution >= 4 is 11.8 Å². The first kappa shape index (κ1) is 21.3. The lowest BCUT2D eigenvalue weighted by atomic mass is 10.1. The molecule has 6 heteroatoms. The van der Waals surface area contributed by atoms with E-state index in [0.29, 0.717) is 26.0 Å². The van der Waals surface area contributed by atoms with Gasteiger partial charge in [-0.2, -0.15) is 0 Å². The molecule has 2 aromatic rings. The molecule has 0 aliphatic rings. The zero-order valence-electron chi connectivity index (χ0n) is 16.7. The number of nitrogens with zero attached hydrogens (tertiary/aromatic N) is 1. The standard InChI is InChI=1S/C22H28N2O4/c1-17(22(26)23-2)24(16-18-8-5-4-6-9-18)21(25)10-7-15-28-20-13-11-19(27-3)12-14-20/h4-6,8-9,11-14,17H,7,10,15-16H2,1-3H3,(H,23,26)/t17-/m0/s1. The quantitative estimate of drug-likeness (QED) is 0.640. The summed E-state index contributed by atoms with van der Waals surface area (Å²) in [5, 5.41) is 2.62. The highest BCUT2D eigenvalue weighted by Gasteiger charge is 2.25. The van der Waals surface area contributed by atoms with E-state index in [1.54, 1.807) is 26.0 Å². The van der Waals surface area contributed by atoms with Gasteiger partial charge in [0.2, 0.25) is 11.8 Å². The van der Waals surface area contributed by atoms with Crippen LogP contribution in [0.1, 0.15) is 25.3 Å². The SMILES string of the molecule is CNC(=O)[C@H](C)N(Cc1ccccc1)C(=O)CCCOc1ccc(OC)cc1. The molecular formula is C22H28N2O4. The first-order valence-electron chi connectivity index (χ1n) is 9.37. The highest BCUT2D eigenvalue weighted by atomic mass is 16.5. The molecule has 0 aliphatic carbocycles. The van der Waals surface area contributed by atoms with Gasteiger partial charge in [-0.05, 0) is 43.2 Å². The Hall–Kier alpha value is -3.02. The minimum atomic E-state index is -0.541. The number of nitrogens with one attached hydrogen (secondary N) is 1. The predicted molar refractivity (Wildman–Crippen MR) is 108 cm³/mol. The maximum atomic E-state index is 12.8. The average Bonchev–Trinajstić information content (AvgIpc) is 2.75. The minimum absolute atomic E-state index is 0.0710. The summed E-state index contributed by atoms with van der Waals surface area (Å²) < 4.78 is 10.8. The van der Waals surface area contributed by atoms with Crippen LogP contribution in [0.5, 0.6) is 11.5 Å². The molecule has 0 saturated carbocycles. The van der Waals surface area contributed by atoms with Crippen LogP contribution in [0, 0.1) is 0 Å². The van der Waals surface area contributed by atoms with Gasteiger partial charge in [-0.1, -0.05) is 30.3 Å². The van der Waals surface area contributed by atoms with Crippen molar-refractivity contribution in [2.24, 2.45) is 0 Å². The Morgan fingerprint density at radius 2 is 1.68 bits per heavy atom. The molecule has 0 unspecified atom stereocenters. The third-order valence-corrected chi connectivity index (χ3v) is 4.47. The van der Waals surface area contributed by atoms with Crippen molar-refractivity contribution in [2.75, 3.05) is 20.8 Å². The van der Waals surface area contributed by atoms with Crippen LogP contribution in [0.25, 0.3) is 0 Å². The van der Waals surface area contributed by atoms with Crippen molar-refractivity contribution in [3.05, 3.63) is 60.2 Å². The van der Waals surface area contributed by atoms with Crippen molar-refractivity contribution in [2.45, 2.75) is 32.4 Å². The molecule has 0 aliphatic heterocycles. The number of rotatable bonds is 10. The number of methoxy groups -OCH3 is 1. The summed E-state index contributed by atoms with van der Waals surface area (Å²) >= 11 is 0. The van der Waals surface area contributed by atoms with Gasteiger partial charge in [0.15, 0.2) is 0 Å². The fourth-order valence-electron chi connectivity index (χ4n) is 2.80. The molecule has 0 aromatic heterocycles. The second-order valence-corrected chi connectivity index (χ2v) is 6.43. The van der Waals surface area contributed by atoms with Crippen molar-refractivity contribution in [3.8, 4) is 11.5 Å². The average molecular weight is 384 g/mol.